The lowest BCUT2D eigenvalue weighted by Gasteiger charge is -2.32. The van der Waals surface area contributed by atoms with Crippen LogP contribution in [0.5, 0.6) is 0 Å². The number of para-hydroxylation sites is 2. The number of fused-ring (bicyclic) bond motifs is 15. The van der Waals surface area contributed by atoms with Crippen molar-refractivity contribution >= 4 is 49.8 Å². The zero-order valence-corrected chi connectivity index (χ0v) is 29.9. The molecule has 1 unspecified atom stereocenters. The summed E-state index contributed by atoms with van der Waals surface area (Å²) in [5.41, 5.74) is 17.2. The molecule has 2 aliphatic carbocycles. The minimum atomic E-state index is -0.578. The van der Waals surface area contributed by atoms with Gasteiger partial charge in [0.15, 0.2) is 0 Å². The largest absolute Gasteiger partial charge is 0.455 e. The molecular formula is C53H33NO. The summed E-state index contributed by atoms with van der Waals surface area (Å²) >= 11 is 0. The number of rotatable bonds is 4. The number of benzene rings is 9. The Hall–Kier alpha value is -7.16. The van der Waals surface area contributed by atoms with E-state index in [0.29, 0.717) is 0 Å². The van der Waals surface area contributed by atoms with E-state index in [0.717, 1.165) is 39.0 Å². The average molecular weight is 700 g/mol. The van der Waals surface area contributed by atoms with Crippen molar-refractivity contribution in [1.29, 1.82) is 0 Å². The predicted octanol–water partition coefficient (Wildman–Crippen LogP) is 14.2. The first kappa shape index (κ1) is 30.3. The first-order chi connectivity index (χ1) is 27.3. The molecule has 0 saturated carbocycles. The normalized spacial score (nSPS) is 15.0. The van der Waals surface area contributed by atoms with Gasteiger partial charge in [0, 0.05) is 33.1 Å². The molecule has 1 spiro atoms. The van der Waals surface area contributed by atoms with Crippen LogP contribution in [0.2, 0.25) is 0 Å². The molecule has 256 valence electrons. The minimum absolute atomic E-state index is 0.578. The van der Waals surface area contributed by atoms with Crippen LogP contribution < -0.4 is 4.90 Å². The van der Waals surface area contributed by atoms with Gasteiger partial charge >= 0.3 is 0 Å². The van der Waals surface area contributed by atoms with Crippen LogP contribution in [0.15, 0.2) is 205 Å². The molecule has 1 aromatic heterocycles. The van der Waals surface area contributed by atoms with E-state index in [4.69, 9.17) is 4.42 Å². The van der Waals surface area contributed by atoms with Crippen molar-refractivity contribution in [3.63, 3.8) is 0 Å². The van der Waals surface area contributed by atoms with Crippen LogP contribution in [0.4, 0.5) is 17.1 Å². The highest BCUT2D eigenvalue weighted by atomic mass is 16.3. The van der Waals surface area contributed by atoms with Crippen molar-refractivity contribution in [1.82, 2.24) is 0 Å². The Balaban J connectivity index is 1.19. The van der Waals surface area contributed by atoms with Gasteiger partial charge in [-0.05, 0) is 97.9 Å². The molecule has 0 fully saturated rings. The molecule has 2 nitrogen and oxygen atoms in total. The third-order valence-electron chi connectivity index (χ3n) is 12.1. The first-order valence-electron chi connectivity index (χ1n) is 19.0. The Bertz CT molecular complexity index is 3150. The second-order valence-corrected chi connectivity index (χ2v) is 14.8. The molecule has 10 aromatic rings. The van der Waals surface area contributed by atoms with Crippen molar-refractivity contribution in [3.8, 4) is 33.4 Å². The van der Waals surface area contributed by atoms with Gasteiger partial charge in [0.1, 0.15) is 11.2 Å². The van der Waals surface area contributed by atoms with Gasteiger partial charge in [-0.1, -0.05) is 158 Å². The summed E-state index contributed by atoms with van der Waals surface area (Å²) in [7, 11) is 0. The van der Waals surface area contributed by atoms with Gasteiger partial charge in [-0.25, -0.2) is 0 Å². The molecule has 0 N–H and O–H groups in total. The van der Waals surface area contributed by atoms with Crippen LogP contribution in [-0.2, 0) is 5.41 Å². The highest BCUT2D eigenvalue weighted by Crippen LogP contribution is 2.65. The highest BCUT2D eigenvalue weighted by molar-refractivity contribution is 6.13. The highest BCUT2D eigenvalue weighted by Gasteiger charge is 2.53. The molecule has 0 radical (unpaired) electrons. The van der Waals surface area contributed by atoms with Crippen molar-refractivity contribution in [2.24, 2.45) is 0 Å². The second-order valence-electron chi connectivity index (χ2n) is 14.8. The maximum absolute atomic E-state index is 6.83. The van der Waals surface area contributed by atoms with E-state index in [1.165, 1.54) is 66.4 Å². The lowest BCUT2D eigenvalue weighted by Crippen LogP contribution is -2.26. The van der Waals surface area contributed by atoms with E-state index in [-0.39, 0.29) is 0 Å². The zero-order valence-electron chi connectivity index (χ0n) is 29.9. The summed E-state index contributed by atoms with van der Waals surface area (Å²) in [6, 6.07) is 73.2. The fraction of sp³-hybridized carbons (Fsp3) is 0.0189. The summed E-state index contributed by atoms with van der Waals surface area (Å²) in [5.74, 6) is 0. The van der Waals surface area contributed by atoms with Crippen LogP contribution in [0.1, 0.15) is 22.3 Å². The standard InChI is InChI=1S/C53H33NO/c1-3-14-34(15-4-1)36-26-28-40-41-29-27-38(54(37-18-5-2-6-19-37)49-24-13-17-35-16-7-8-20-39(35)49)33-48(41)53(47(40)32-36)45-23-11-9-22-44(45)51-46(53)31-30-43-42-21-10-12-25-50(42)55-52(43)51/h1-33H. The Kier molecular flexibility index (Phi) is 6.29. The van der Waals surface area contributed by atoms with Crippen LogP contribution >= 0.6 is 0 Å². The van der Waals surface area contributed by atoms with Crippen molar-refractivity contribution in [2.45, 2.75) is 5.41 Å². The van der Waals surface area contributed by atoms with E-state index >= 15 is 0 Å². The van der Waals surface area contributed by atoms with E-state index in [1.54, 1.807) is 0 Å². The molecule has 9 aromatic carbocycles. The Morgan fingerprint density at radius 2 is 1.07 bits per heavy atom. The molecule has 55 heavy (non-hydrogen) atoms. The number of hydrogen-bond donors (Lipinski definition) is 0. The SMILES string of the molecule is c1ccc(-c2ccc3c(c2)C2(c4cc(N(c5ccccc5)c5cccc6ccccc56)ccc4-3)c3ccccc3-c3c2ccc2c3oc3ccccc32)cc1. The monoisotopic (exact) mass is 699 g/mol. The Morgan fingerprint density at radius 1 is 0.382 bits per heavy atom. The molecule has 1 atom stereocenters. The van der Waals surface area contributed by atoms with Crippen LogP contribution in [0.25, 0.3) is 66.1 Å². The van der Waals surface area contributed by atoms with Crippen LogP contribution in [0, 0.1) is 0 Å². The third kappa shape index (κ3) is 4.14. The fourth-order valence-electron chi connectivity index (χ4n) is 9.79. The number of hydrogen-bond acceptors (Lipinski definition) is 2. The van der Waals surface area contributed by atoms with Crippen molar-refractivity contribution in [3.05, 3.63) is 222 Å². The summed E-state index contributed by atoms with van der Waals surface area (Å²) in [6.07, 6.45) is 0. The molecule has 0 amide bonds. The van der Waals surface area contributed by atoms with Gasteiger partial charge in [-0.15, -0.1) is 0 Å². The quantitative estimate of drug-likeness (QED) is 0.182. The molecule has 0 bridgehead atoms. The number of furan rings is 1. The summed E-state index contributed by atoms with van der Waals surface area (Å²) < 4.78 is 6.83. The number of anilines is 3. The molecule has 2 heteroatoms. The van der Waals surface area contributed by atoms with Crippen molar-refractivity contribution < 1.29 is 4.42 Å². The molecule has 0 saturated heterocycles. The van der Waals surface area contributed by atoms with Gasteiger partial charge in [-0.3, -0.25) is 0 Å². The van der Waals surface area contributed by atoms with E-state index < -0.39 is 5.41 Å². The maximum Gasteiger partial charge on any atom is 0.143 e. The fourth-order valence-corrected chi connectivity index (χ4v) is 9.79. The van der Waals surface area contributed by atoms with E-state index in [2.05, 4.69) is 205 Å². The summed E-state index contributed by atoms with van der Waals surface area (Å²) in [6.45, 7) is 0. The molecule has 1 heterocycles. The maximum atomic E-state index is 6.83. The van der Waals surface area contributed by atoms with Crippen LogP contribution in [-0.4, -0.2) is 0 Å². The zero-order chi connectivity index (χ0) is 36.1. The molecule has 12 rings (SSSR count). The average Bonchev–Trinajstić information content (AvgIpc) is 3.88. The Morgan fingerprint density at radius 3 is 1.95 bits per heavy atom. The van der Waals surface area contributed by atoms with Gasteiger partial charge in [-0.2, -0.15) is 0 Å². The smallest absolute Gasteiger partial charge is 0.143 e. The van der Waals surface area contributed by atoms with Gasteiger partial charge < -0.3 is 9.32 Å². The predicted molar refractivity (Wildman–Crippen MR) is 228 cm³/mol. The Labute approximate surface area is 319 Å². The topological polar surface area (TPSA) is 16.4 Å². The lowest BCUT2D eigenvalue weighted by molar-refractivity contribution is 0.669. The summed E-state index contributed by atoms with van der Waals surface area (Å²) in [5, 5.41) is 4.72. The van der Waals surface area contributed by atoms with Gasteiger partial charge in [0.25, 0.3) is 0 Å². The lowest BCUT2D eigenvalue weighted by atomic mass is 9.70. The minimum Gasteiger partial charge on any atom is -0.455 e. The molecule has 2 aliphatic rings. The number of nitrogens with zero attached hydrogens (tertiary/aromatic N) is 1. The van der Waals surface area contributed by atoms with Gasteiger partial charge in [0.2, 0.25) is 0 Å². The van der Waals surface area contributed by atoms with E-state index in [9.17, 15) is 0 Å². The van der Waals surface area contributed by atoms with Gasteiger partial charge in [0.05, 0.1) is 11.1 Å². The summed E-state index contributed by atoms with van der Waals surface area (Å²) in [4.78, 5) is 2.43. The first-order valence-corrected chi connectivity index (χ1v) is 19.0. The molecular weight excluding hydrogens is 667 g/mol. The van der Waals surface area contributed by atoms with E-state index in [1.807, 2.05) is 0 Å². The van der Waals surface area contributed by atoms with Crippen molar-refractivity contribution in [2.75, 3.05) is 4.90 Å². The second kappa shape index (κ2) is 11.4. The third-order valence-corrected chi connectivity index (χ3v) is 12.1. The molecule has 0 aliphatic heterocycles. The van der Waals surface area contributed by atoms with Crippen LogP contribution in [0.3, 0.4) is 0 Å².